The first-order valence-electron chi connectivity index (χ1n) is 10.7. The largest absolute Gasteiger partial charge is 0.497 e. The third-order valence-electron chi connectivity index (χ3n) is 5.56. The van der Waals surface area contributed by atoms with Crippen LogP contribution in [-0.2, 0) is 9.59 Å². The molecule has 1 aliphatic heterocycles. The van der Waals surface area contributed by atoms with Gasteiger partial charge in [0.1, 0.15) is 11.4 Å². The van der Waals surface area contributed by atoms with Crippen molar-refractivity contribution < 1.29 is 14.3 Å². The van der Waals surface area contributed by atoms with E-state index in [1.807, 2.05) is 63.2 Å². The molecule has 6 nitrogen and oxygen atoms in total. The van der Waals surface area contributed by atoms with E-state index in [-0.39, 0.29) is 17.5 Å². The number of aryl methyl sites for hydroxylation is 2. The second-order valence-electron chi connectivity index (χ2n) is 8.34. The van der Waals surface area contributed by atoms with Gasteiger partial charge in [-0.2, -0.15) is 0 Å². The van der Waals surface area contributed by atoms with Gasteiger partial charge in [0.05, 0.1) is 18.4 Å². The standard InChI is InChI=1S/C27H27N3O3/c1-17-13-18(2)15-20(14-17)28-25-24(19-9-11-23(33-5)12-10-19)26(31)30(27(25)32)22-8-6-7-21(16-22)29(3)4/h6-16,28H,1-5H3. The second-order valence-corrected chi connectivity index (χ2v) is 8.34. The monoisotopic (exact) mass is 441 g/mol. The van der Waals surface area contributed by atoms with Crippen molar-refractivity contribution in [1.29, 1.82) is 0 Å². The molecular formula is C27H27N3O3. The van der Waals surface area contributed by atoms with Crippen LogP contribution in [0.25, 0.3) is 5.57 Å². The molecule has 0 bridgehead atoms. The smallest absolute Gasteiger partial charge is 0.282 e. The molecule has 168 valence electrons. The van der Waals surface area contributed by atoms with Gasteiger partial charge in [-0.25, -0.2) is 4.90 Å². The number of hydrogen-bond donors (Lipinski definition) is 1. The lowest BCUT2D eigenvalue weighted by Gasteiger charge is -2.19. The first-order chi connectivity index (χ1) is 15.8. The van der Waals surface area contributed by atoms with Crippen molar-refractivity contribution in [3.8, 4) is 5.75 Å². The number of methoxy groups -OCH3 is 1. The van der Waals surface area contributed by atoms with Gasteiger partial charge >= 0.3 is 0 Å². The summed E-state index contributed by atoms with van der Waals surface area (Å²) >= 11 is 0. The summed E-state index contributed by atoms with van der Waals surface area (Å²) in [5, 5.41) is 3.24. The number of amides is 2. The molecule has 0 fully saturated rings. The van der Waals surface area contributed by atoms with Crippen molar-refractivity contribution in [3.05, 3.63) is 89.1 Å². The van der Waals surface area contributed by atoms with Crippen LogP contribution in [0.3, 0.4) is 0 Å². The second kappa shape index (κ2) is 8.82. The van der Waals surface area contributed by atoms with Crippen LogP contribution >= 0.6 is 0 Å². The van der Waals surface area contributed by atoms with Crippen molar-refractivity contribution in [3.63, 3.8) is 0 Å². The first kappa shape index (κ1) is 22.1. The van der Waals surface area contributed by atoms with Gasteiger partial charge in [0, 0.05) is 25.5 Å². The maximum Gasteiger partial charge on any atom is 0.282 e. The lowest BCUT2D eigenvalue weighted by atomic mass is 10.0. The minimum atomic E-state index is -0.388. The average Bonchev–Trinajstić information content (AvgIpc) is 3.02. The number of nitrogens with one attached hydrogen (secondary N) is 1. The highest BCUT2D eigenvalue weighted by Crippen LogP contribution is 2.35. The van der Waals surface area contributed by atoms with Gasteiger partial charge < -0.3 is 15.0 Å². The summed E-state index contributed by atoms with van der Waals surface area (Å²) in [5.41, 5.74) is 5.55. The minimum Gasteiger partial charge on any atom is -0.497 e. The van der Waals surface area contributed by atoms with E-state index in [4.69, 9.17) is 4.74 Å². The zero-order chi connectivity index (χ0) is 23.7. The van der Waals surface area contributed by atoms with Crippen LogP contribution in [-0.4, -0.2) is 33.0 Å². The molecule has 0 radical (unpaired) electrons. The molecule has 3 aromatic carbocycles. The van der Waals surface area contributed by atoms with Gasteiger partial charge in [-0.1, -0.05) is 24.3 Å². The van der Waals surface area contributed by atoms with Crippen molar-refractivity contribution in [2.75, 3.05) is 36.3 Å². The fourth-order valence-corrected chi connectivity index (χ4v) is 4.01. The van der Waals surface area contributed by atoms with E-state index in [1.54, 1.807) is 37.4 Å². The fourth-order valence-electron chi connectivity index (χ4n) is 4.01. The van der Waals surface area contributed by atoms with Gasteiger partial charge in [0.25, 0.3) is 11.8 Å². The van der Waals surface area contributed by atoms with Crippen LogP contribution < -0.4 is 19.9 Å². The van der Waals surface area contributed by atoms with Crippen molar-refractivity contribution in [2.24, 2.45) is 0 Å². The van der Waals surface area contributed by atoms with Crippen LogP contribution in [0.4, 0.5) is 17.1 Å². The summed E-state index contributed by atoms with van der Waals surface area (Å²) in [7, 11) is 5.42. The Hall–Kier alpha value is -4.06. The number of nitrogens with zero attached hydrogens (tertiary/aromatic N) is 2. The molecule has 0 aliphatic carbocycles. The number of anilines is 3. The normalized spacial score (nSPS) is 13.5. The topological polar surface area (TPSA) is 61.9 Å². The molecule has 1 N–H and O–H groups in total. The van der Waals surface area contributed by atoms with Crippen LogP contribution in [0, 0.1) is 13.8 Å². The number of rotatable bonds is 6. The molecule has 0 saturated carbocycles. The Morgan fingerprint density at radius 3 is 2.12 bits per heavy atom. The lowest BCUT2D eigenvalue weighted by Crippen LogP contribution is -2.32. The van der Waals surface area contributed by atoms with E-state index in [0.29, 0.717) is 22.6 Å². The summed E-state index contributed by atoms with van der Waals surface area (Å²) < 4.78 is 5.26. The third-order valence-corrected chi connectivity index (χ3v) is 5.56. The number of benzene rings is 3. The maximum absolute atomic E-state index is 13.6. The summed E-state index contributed by atoms with van der Waals surface area (Å²) in [6.07, 6.45) is 0. The van der Waals surface area contributed by atoms with Crippen LogP contribution in [0.2, 0.25) is 0 Å². The summed E-state index contributed by atoms with van der Waals surface area (Å²) in [6, 6.07) is 20.5. The molecule has 4 rings (SSSR count). The molecular weight excluding hydrogens is 414 g/mol. The number of carbonyl (C=O) groups excluding carboxylic acids is 2. The van der Waals surface area contributed by atoms with Gasteiger partial charge in [-0.3, -0.25) is 9.59 Å². The molecule has 1 heterocycles. The van der Waals surface area contributed by atoms with Crippen molar-refractivity contribution in [2.45, 2.75) is 13.8 Å². The molecule has 0 atom stereocenters. The van der Waals surface area contributed by atoms with E-state index < -0.39 is 0 Å². The Morgan fingerprint density at radius 2 is 1.52 bits per heavy atom. The van der Waals surface area contributed by atoms with Crippen LogP contribution in [0.5, 0.6) is 5.75 Å². The highest BCUT2D eigenvalue weighted by Gasteiger charge is 2.40. The molecule has 1 aliphatic rings. The van der Waals surface area contributed by atoms with Gasteiger partial charge in [0.2, 0.25) is 0 Å². The number of carbonyl (C=O) groups is 2. The first-order valence-corrected chi connectivity index (χ1v) is 10.7. The number of hydrogen-bond acceptors (Lipinski definition) is 5. The molecule has 3 aromatic rings. The van der Waals surface area contributed by atoms with Gasteiger partial charge in [-0.15, -0.1) is 0 Å². The predicted octanol–water partition coefficient (Wildman–Crippen LogP) is 4.77. The van der Waals surface area contributed by atoms with Crippen molar-refractivity contribution in [1.82, 2.24) is 0 Å². The maximum atomic E-state index is 13.6. The zero-order valence-corrected chi connectivity index (χ0v) is 19.5. The molecule has 0 unspecified atom stereocenters. The molecule has 0 spiro atoms. The predicted molar refractivity (Wildman–Crippen MR) is 133 cm³/mol. The van der Waals surface area contributed by atoms with E-state index >= 15 is 0 Å². The minimum absolute atomic E-state index is 0.255. The highest BCUT2D eigenvalue weighted by atomic mass is 16.5. The number of ether oxygens (including phenoxy) is 1. The Labute approximate surface area is 194 Å². The van der Waals surface area contributed by atoms with E-state index in [9.17, 15) is 9.59 Å². The lowest BCUT2D eigenvalue weighted by molar-refractivity contribution is -0.120. The molecule has 0 saturated heterocycles. The van der Waals surface area contributed by atoms with E-state index in [1.165, 1.54) is 4.90 Å². The fraction of sp³-hybridized carbons (Fsp3) is 0.185. The average molecular weight is 442 g/mol. The van der Waals surface area contributed by atoms with Gasteiger partial charge in [-0.05, 0) is 73.0 Å². The Kier molecular flexibility index (Phi) is 5.92. The van der Waals surface area contributed by atoms with E-state index in [0.717, 1.165) is 22.5 Å². The third kappa shape index (κ3) is 4.32. The van der Waals surface area contributed by atoms with Crippen LogP contribution in [0.15, 0.2) is 72.4 Å². The van der Waals surface area contributed by atoms with Crippen LogP contribution in [0.1, 0.15) is 16.7 Å². The molecule has 2 amide bonds. The number of imide groups is 1. The highest BCUT2D eigenvalue weighted by molar-refractivity contribution is 6.46. The molecule has 6 heteroatoms. The van der Waals surface area contributed by atoms with Gasteiger partial charge in [0.15, 0.2) is 0 Å². The summed E-state index contributed by atoms with van der Waals surface area (Å²) in [4.78, 5) is 30.4. The Bertz CT molecular complexity index is 1240. The Balaban J connectivity index is 1.82. The Morgan fingerprint density at radius 1 is 0.848 bits per heavy atom. The molecule has 0 aromatic heterocycles. The van der Waals surface area contributed by atoms with Crippen molar-refractivity contribution >= 4 is 34.4 Å². The van der Waals surface area contributed by atoms with E-state index in [2.05, 4.69) is 11.4 Å². The zero-order valence-electron chi connectivity index (χ0n) is 19.5. The summed E-state index contributed by atoms with van der Waals surface area (Å²) in [5.74, 6) is -0.0793. The molecule has 33 heavy (non-hydrogen) atoms. The quantitative estimate of drug-likeness (QED) is 0.558. The summed E-state index contributed by atoms with van der Waals surface area (Å²) in [6.45, 7) is 4.00. The SMILES string of the molecule is COc1ccc(C2=C(Nc3cc(C)cc(C)c3)C(=O)N(c3cccc(N(C)C)c3)C2=O)cc1.